The summed E-state index contributed by atoms with van der Waals surface area (Å²) >= 11 is 12.2. The van der Waals surface area contributed by atoms with E-state index in [1.807, 2.05) is 32.9 Å². The molecule has 3 nitrogen and oxygen atoms in total. The minimum Gasteiger partial charge on any atom is -0.384 e. The molecule has 1 aromatic carbocycles. The van der Waals surface area contributed by atoms with Gasteiger partial charge in [0.2, 0.25) is 0 Å². The van der Waals surface area contributed by atoms with Crippen molar-refractivity contribution < 1.29 is 5.11 Å². The fraction of sp³-hybridized carbons (Fsp3) is 0.412. The SMILES string of the molecule is CC(C)(C)C(O)(CCc1ccc(Cl)cc1Cl)c1cncnc1. The van der Waals surface area contributed by atoms with Crippen molar-refractivity contribution in [2.24, 2.45) is 5.41 Å². The summed E-state index contributed by atoms with van der Waals surface area (Å²) in [6.07, 6.45) is 5.95. The zero-order chi connectivity index (χ0) is 16.4. The molecule has 0 bridgehead atoms. The van der Waals surface area contributed by atoms with Crippen LogP contribution in [-0.2, 0) is 12.0 Å². The Morgan fingerprint density at radius 2 is 1.73 bits per heavy atom. The van der Waals surface area contributed by atoms with Crippen molar-refractivity contribution in [1.29, 1.82) is 0 Å². The van der Waals surface area contributed by atoms with Crippen LogP contribution in [-0.4, -0.2) is 15.1 Å². The van der Waals surface area contributed by atoms with Crippen LogP contribution in [0.4, 0.5) is 0 Å². The van der Waals surface area contributed by atoms with Crippen molar-refractivity contribution in [1.82, 2.24) is 9.97 Å². The molecule has 0 fully saturated rings. The highest BCUT2D eigenvalue weighted by Gasteiger charge is 2.41. The Balaban J connectivity index is 2.29. The summed E-state index contributed by atoms with van der Waals surface area (Å²) in [5, 5.41) is 12.5. The minimum atomic E-state index is -1.04. The van der Waals surface area contributed by atoms with Crippen LogP contribution in [0.25, 0.3) is 0 Å². The molecule has 0 radical (unpaired) electrons. The molecule has 22 heavy (non-hydrogen) atoms. The van der Waals surface area contributed by atoms with Crippen molar-refractivity contribution in [3.05, 3.63) is 58.1 Å². The molecular weight excluding hydrogens is 319 g/mol. The molecule has 1 unspecified atom stereocenters. The zero-order valence-corrected chi connectivity index (χ0v) is 14.5. The molecule has 1 N–H and O–H groups in total. The van der Waals surface area contributed by atoms with E-state index < -0.39 is 5.60 Å². The number of aromatic nitrogens is 2. The first-order chi connectivity index (χ1) is 10.2. The lowest BCUT2D eigenvalue weighted by atomic mass is 9.70. The summed E-state index contributed by atoms with van der Waals surface area (Å²) in [6, 6.07) is 5.43. The Morgan fingerprint density at radius 1 is 1.09 bits per heavy atom. The van der Waals surface area contributed by atoms with Crippen molar-refractivity contribution >= 4 is 23.2 Å². The number of benzene rings is 1. The maximum Gasteiger partial charge on any atom is 0.115 e. The van der Waals surface area contributed by atoms with Gasteiger partial charge in [0.15, 0.2) is 0 Å². The van der Waals surface area contributed by atoms with Crippen LogP contribution in [0.2, 0.25) is 10.0 Å². The van der Waals surface area contributed by atoms with E-state index in [0.29, 0.717) is 28.5 Å². The monoisotopic (exact) mass is 338 g/mol. The number of halogens is 2. The average molecular weight is 339 g/mol. The predicted molar refractivity (Wildman–Crippen MR) is 90.2 cm³/mol. The first-order valence-electron chi connectivity index (χ1n) is 7.16. The molecule has 1 aromatic heterocycles. The quantitative estimate of drug-likeness (QED) is 0.882. The van der Waals surface area contributed by atoms with Gasteiger partial charge in [-0.3, -0.25) is 0 Å². The molecule has 118 valence electrons. The molecule has 2 aromatic rings. The summed E-state index contributed by atoms with van der Waals surface area (Å²) in [5.41, 5.74) is 0.270. The largest absolute Gasteiger partial charge is 0.384 e. The Morgan fingerprint density at radius 3 is 2.27 bits per heavy atom. The summed E-state index contributed by atoms with van der Waals surface area (Å²) in [5.74, 6) is 0. The van der Waals surface area contributed by atoms with Gasteiger partial charge in [0.25, 0.3) is 0 Å². The van der Waals surface area contributed by atoms with E-state index in [1.165, 1.54) is 6.33 Å². The third-order valence-corrected chi connectivity index (χ3v) is 4.64. The van der Waals surface area contributed by atoms with Crippen LogP contribution in [0.1, 0.15) is 38.3 Å². The number of hydrogen-bond donors (Lipinski definition) is 1. The second kappa shape index (κ2) is 6.53. The highest BCUT2D eigenvalue weighted by Crippen LogP contribution is 2.42. The van der Waals surface area contributed by atoms with Crippen LogP contribution >= 0.6 is 23.2 Å². The first kappa shape index (κ1) is 17.2. The van der Waals surface area contributed by atoms with E-state index in [-0.39, 0.29) is 5.41 Å². The van der Waals surface area contributed by atoms with E-state index >= 15 is 0 Å². The Labute approximate surface area is 141 Å². The van der Waals surface area contributed by atoms with E-state index in [0.717, 1.165) is 5.56 Å². The molecule has 0 saturated carbocycles. The third-order valence-electron chi connectivity index (χ3n) is 4.05. The van der Waals surface area contributed by atoms with Crippen LogP contribution in [0.5, 0.6) is 0 Å². The second-order valence-electron chi connectivity index (χ2n) is 6.47. The van der Waals surface area contributed by atoms with Crippen molar-refractivity contribution in [3.8, 4) is 0 Å². The minimum absolute atomic E-state index is 0.364. The molecule has 1 atom stereocenters. The summed E-state index contributed by atoms with van der Waals surface area (Å²) in [6.45, 7) is 6.01. The van der Waals surface area contributed by atoms with E-state index in [1.54, 1.807) is 18.5 Å². The molecule has 0 saturated heterocycles. The fourth-order valence-electron chi connectivity index (χ4n) is 2.51. The smallest absolute Gasteiger partial charge is 0.115 e. The van der Waals surface area contributed by atoms with Gasteiger partial charge in [-0.05, 0) is 36.0 Å². The topological polar surface area (TPSA) is 46.0 Å². The number of rotatable bonds is 4. The van der Waals surface area contributed by atoms with E-state index in [4.69, 9.17) is 23.2 Å². The predicted octanol–water partition coefficient (Wildman–Crippen LogP) is 4.65. The highest BCUT2D eigenvalue weighted by atomic mass is 35.5. The summed E-state index contributed by atoms with van der Waals surface area (Å²) in [7, 11) is 0. The second-order valence-corrected chi connectivity index (χ2v) is 7.32. The van der Waals surface area contributed by atoms with Crippen molar-refractivity contribution in [2.45, 2.75) is 39.2 Å². The van der Waals surface area contributed by atoms with Gasteiger partial charge in [-0.15, -0.1) is 0 Å². The lowest BCUT2D eigenvalue weighted by Gasteiger charge is -2.40. The van der Waals surface area contributed by atoms with Crippen LogP contribution in [0.3, 0.4) is 0 Å². The molecule has 0 aliphatic heterocycles. The average Bonchev–Trinajstić information content (AvgIpc) is 2.45. The van der Waals surface area contributed by atoms with Crippen LogP contribution in [0, 0.1) is 5.41 Å². The molecule has 2 rings (SSSR count). The van der Waals surface area contributed by atoms with Gasteiger partial charge >= 0.3 is 0 Å². The normalized spacial score (nSPS) is 14.6. The lowest BCUT2D eigenvalue weighted by Crippen LogP contribution is -2.40. The number of aliphatic hydroxyl groups is 1. The number of nitrogens with zero attached hydrogens (tertiary/aromatic N) is 2. The van der Waals surface area contributed by atoms with Gasteiger partial charge in [-0.2, -0.15) is 0 Å². The molecule has 5 heteroatoms. The van der Waals surface area contributed by atoms with Gasteiger partial charge < -0.3 is 5.11 Å². The zero-order valence-electron chi connectivity index (χ0n) is 13.0. The molecular formula is C17H20Cl2N2O. The Kier molecular flexibility index (Phi) is 5.10. The summed E-state index contributed by atoms with van der Waals surface area (Å²) < 4.78 is 0. The molecule has 0 aliphatic carbocycles. The first-order valence-corrected chi connectivity index (χ1v) is 7.91. The maximum atomic E-state index is 11.3. The van der Waals surface area contributed by atoms with Gasteiger partial charge in [-0.1, -0.05) is 50.0 Å². The highest BCUT2D eigenvalue weighted by molar-refractivity contribution is 6.35. The summed E-state index contributed by atoms with van der Waals surface area (Å²) in [4.78, 5) is 8.07. The molecule has 0 aliphatic rings. The number of hydrogen-bond acceptors (Lipinski definition) is 3. The standard InChI is InChI=1S/C17H20Cl2N2O/c1-16(2,3)17(22,13-9-20-11-21-10-13)7-6-12-4-5-14(18)8-15(12)19/h4-5,8-11,22H,6-7H2,1-3H3. The Bertz CT molecular complexity index is 641. The van der Waals surface area contributed by atoms with Gasteiger partial charge in [0.05, 0.1) is 5.60 Å². The third kappa shape index (κ3) is 3.60. The maximum absolute atomic E-state index is 11.3. The lowest BCUT2D eigenvalue weighted by molar-refractivity contribution is -0.0715. The number of aryl methyl sites for hydroxylation is 1. The van der Waals surface area contributed by atoms with Crippen LogP contribution in [0.15, 0.2) is 36.9 Å². The van der Waals surface area contributed by atoms with Gasteiger partial charge in [0, 0.05) is 28.0 Å². The Hall–Kier alpha value is -1.16. The van der Waals surface area contributed by atoms with Crippen molar-refractivity contribution in [2.75, 3.05) is 0 Å². The molecule has 0 spiro atoms. The molecule has 0 amide bonds. The van der Waals surface area contributed by atoms with Crippen molar-refractivity contribution in [3.63, 3.8) is 0 Å². The van der Waals surface area contributed by atoms with Crippen LogP contribution < -0.4 is 0 Å². The van der Waals surface area contributed by atoms with Gasteiger partial charge in [0.1, 0.15) is 6.33 Å². The van der Waals surface area contributed by atoms with Gasteiger partial charge in [-0.25, -0.2) is 9.97 Å². The van der Waals surface area contributed by atoms with E-state index in [9.17, 15) is 5.11 Å². The molecule has 1 heterocycles. The fourth-order valence-corrected chi connectivity index (χ4v) is 3.01. The van der Waals surface area contributed by atoms with E-state index in [2.05, 4.69) is 9.97 Å².